The fourth-order valence-electron chi connectivity index (χ4n) is 0.651. The zero-order valence-corrected chi connectivity index (χ0v) is 9.75. The maximum absolute atomic E-state index is 5.18. The van der Waals surface area contributed by atoms with E-state index in [0.717, 1.165) is 26.1 Å². The van der Waals surface area contributed by atoms with Gasteiger partial charge in [0.1, 0.15) is 6.79 Å². The molecule has 0 saturated heterocycles. The van der Waals surface area contributed by atoms with Gasteiger partial charge in [0.15, 0.2) is 0 Å². The van der Waals surface area contributed by atoms with E-state index in [4.69, 9.17) is 9.47 Å². The monoisotopic (exact) mass is 284 g/mol. The van der Waals surface area contributed by atoms with Crippen LogP contribution in [0, 0.1) is 0 Å². The van der Waals surface area contributed by atoms with Crippen molar-refractivity contribution in [3.63, 3.8) is 0 Å². The lowest BCUT2D eigenvalue weighted by Gasteiger charge is -2.00. The van der Waals surface area contributed by atoms with Crippen LogP contribution in [0.2, 0.25) is 0 Å². The molecule has 0 aliphatic carbocycles. The second-order valence-electron chi connectivity index (χ2n) is 2.26. The van der Waals surface area contributed by atoms with E-state index in [-0.39, 0.29) is 0 Å². The highest BCUT2D eigenvalue weighted by Gasteiger charge is 1.83. The molecule has 0 aromatic heterocycles. The van der Waals surface area contributed by atoms with Crippen molar-refractivity contribution in [3.8, 4) is 0 Å². The average Bonchev–Trinajstić information content (AvgIpc) is 2.10. The minimum Gasteiger partial charge on any atom is -0.356 e. The van der Waals surface area contributed by atoms with E-state index >= 15 is 0 Å². The molecule has 0 unspecified atom stereocenters. The van der Waals surface area contributed by atoms with Crippen molar-refractivity contribution in [2.45, 2.75) is 19.8 Å². The summed E-state index contributed by atoms with van der Waals surface area (Å²) in [5.41, 5.74) is 0. The molecule has 0 bridgehead atoms. The molecule has 3 heteroatoms. The van der Waals surface area contributed by atoms with Gasteiger partial charge in [-0.3, -0.25) is 0 Å². The van der Waals surface area contributed by atoms with E-state index in [9.17, 15) is 0 Å². The minimum absolute atomic E-state index is 0.427. The third-order valence-electron chi connectivity index (χ3n) is 1.24. The van der Waals surface area contributed by atoms with E-state index < -0.39 is 0 Å². The molecule has 0 N–H and O–H groups in total. The van der Waals surface area contributed by atoms with Gasteiger partial charge < -0.3 is 9.47 Å². The van der Waals surface area contributed by atoms with Gasteiger partial charge in [-0.25, -0.2) is 0 Å². The Morgan fingerprint density at radius 3 is 2.58 bits per heavy atom. The number of ether oxygens (including phenoxy) is 2. The summed E-state index contributed by atoms with van der Waals surface area (Å²) in [6.07, 6.45) is 6.50. The molecule has 12 heavy (non-hydrogen) atoms. The van der Waals surface area contributed by atoms with Gasteiger partial charge in [0.2, 0.25) is 0 Å². The molecule has 0 aliphatic rings. The van der Waals surface area contributed by atoms with E-state index in [0.29, 0.717) is 6.79 Å². The summed E-state index contributed by atoms with van der Waals surface area (Å²) < 4.78 is 11.4. The van der Waals surface area contributed by atoms with Crippen molar-refractivity contribution in [3.05, 3.63) is 12.2 Å². The van der Waals surface area contributed by atoms with Crippen LogP contribution in [-0.4, -0.2) is 24.4 Å². The number of hydrogen-bond acceptors (Lipinski definition) is 2. The molecule has 0 amide bonds. The van der Waals surface area contributed by atoms with E-state index in [1.807, 2.05) is 6.92 Å². The predicted molar refractivity (Wildman–Crippen MR) is 59.7 cm³/mol. The average molecular weight is 284 g/mol. The summed E-state index contributed by atoms with van der Waals surface area (Å²) in [7, 11) is 0. The first-order chi connectivity index (χ1) is 5.91. The zero-order chi connectivity index (χ0) is 9.07. The number of rotatable bonds is 8. The molecule has 2 nitrogen and oxygen atoms in total. The topological polar surface area (TPSA) is 18.5 Å². The zero-order valence-electron chi connectivity index (χ0n) is 7.59. The third-order valence-corrected chi connectivity index (χ3v) is 1.86. The smallest absolute Gasteiger partial charge is 0.146 e. The highest BCUT2D eigenvalue weighted by molar-refractivity contribution is 14.1. The summed E-state index contributed by atoms with van der Waals surface area (Å²) in [5.74, 6) is 0. The molecule has 0 fully saturated rings. The van der Waals surface area contributed by atoms with E-state index in [1.54, 1.807) is 0 Å². The summed E-state index contributed by atoms with van der Waals surface area (Å²) >= 11 is 2.36. The number of allylic oxidation sites excluding steroid dienone is 1. The normalized spacial score (nSPS) is 11.2. The van der Waals surface area contributed by atoms with Crippen LogP contribution >= 0.6 is 22.6 Å². The second-order valence-corrected chi connectivity index (χ2v) is 3.34. The van der Waals surface area contributed by atoms with Crippen LogP contribution in [0.5, 0.6) is 0 Å². The molecule has 0 aromatic rings. The van der Waals surface area contributed by atoms with Gasteiger partial charge >= 0.3 is 0 Å². The summed E-state index contributed by atoms with van der Waals surface area (Å²) in [6, 6.07) is 0. The Hall–Kier alpha value is 0.390. The highest BCUT2D eigenvalue weighted by Crippen LogP contribution is 1.92. The van der Waals surface area contributed by atoms with Gasteiger partial charge in [-0.15, -0.1) is 0 Å². The Kier molecular flexibility index (Phi) is 11.8. The number of alkyl halides is 1. The Morgan fingerprint density at radius 1 is 1.17 bits per heavy atom. The van der Waals surface area contributed by atoms with E-state index in [1.165, 1.54) is 4.43 Å². The third kappa shape index (κ3) is 10.4. The second kappa shape index (κ2) is 11.4. The Morgan fingerprint density at radius 2 is 1.92 bits per heavy atom. The molecule has 0 atom stereocenters. The van der Waals surface area contributed by atoms with Gasteiger partial charge in [-0.2, -0.15) is 0 Å². The molecule has 0 rings (SSSR count). The lowest BCUT2D eigenvalue weighted by atomic mass is 10.3. The lowest BCUT2D eigenvalue weighted by molar-refractivity contribution is -0.0476. The molecule has 0 spiro atoms. The first kappa shape index (κ1) is 12.4. The van der Waals surface area contributed by atoms with Crippen LogP contribution in [0.15, 0.2) is 12.2 Å². The van der Waals surface area contributed by atoms with Gasteiger partial charge in [-0.1, -0.05) is 34.7 Å². The van der Waals surface area contributed by atoms with Crippen LogP contribution in [0.4, 0.5) is 0 Å². The standard InChI is InChI=1S/C9H17IO2/c1-2-11-9-12-8-6-4-3-5-7-10/h3-4H,2,5-9H2,1H3. The van der Waals surface area contributed by atoms with Crippen molar-refractivity contribution in [1.82, 2.24) is 0 Å². The first-order valence-electron chi connectivity index (χ1n) is 4.28. The Balaban J connectivity index is 2.90. The van der Waals surface area contributed by atoms with Crippen LogP contribution in [0.25, 0.3) is 0 Å². The maximum atomic E-state index is 5.18. The summed E-state index contributed by atoms with van der Waals surface area (Å²) in [5, 5.41) is 0. The van der Waals surface area contributed by atoms with E-state index in [2.05, 4.69) is 34.7 Å². The molecular formula is C9H17IO2. The van der Waals surface area contributed by atoms with Gasteiger partial charge in [-0.05, 0) is 19.8 Å². The van der Waals surface area contributed by atoms with Crippen molar-refractivity contribution in [2.24, 2.45) is 0 Å². The van der Waals surface area contributed by atoms with Gasteiger partial charge in [0.25, 0.3) is 0 Å². The molecule has 0 saturated carbocycles. The fraction of sp³-hybridized carbons (Fsp3) is 0.778. The van der Waals surface area contributed by atoms with Crippen molar-refractivity contribution < 1.29 is 9.47 Å². The largest absolute Gasteiger partial charge is 0.356 e. The Labute approximate surface area is 88.5 Å². The molecule has 0 heterocycles. The minimum atomic E-state index is 0.427. The SMILES string of the molecule is CCOCOCCC=CCCI. The Bertz CT molecular complexity index is 105. The van der Waals surface area contributed by atoms with Crippen LogP contribution in [-0.2, 0) is 9.47 Å². The van der Waals surface area contributed by atoms with Gasteiger partial charge in [0.05, 0.1) is 6.61 Å². The maximum Gasteiger partial charge on any atom is 0.146 e. The summed E-state index contributed by atoms with van der Waals surface area (Å²) in [4.78, 5) is 0. The molecule has 0 aromatic carbocycles. The molecule has 0 radical (unpaired) electrons. The van der Waals surface area contributed by atoms with Gasteiger partial charge in [0, 0.05) is 11.0 Å². The number of hydrogen-bond donors (Lipinski definition) is 0. The molecular weight excluding hydrogens is 267 g/mol. The molecule has 0 aliphatic heterocycles. The van der Waals surface area contributed by atoms with Crippen LogP contribution < -0.4 is 0 Å². The quantitative estimate of drug-likeness (QED) is 0.224. The van der Waals surface area contributed by atoms with Crippen molar-refractivity contribution in [2.75, 3.05) is 24.4 Å². The van der Waals surface area contributed by atoms with Crippen LogP contribution in [0.1, 0.15) is 19.8 Å². The number of halogens is 1. The fourth-order valence-corrected chi connectivity index (χ4v) is 1.01. The lowest BCUT2D eigenvalue weighted by Crippen LogP contribution is -1.99. The van der Waals surface area contributed by atoms with Crippen LogP contribution in [0.3, 0.4) is 0 Å². The first-order valence-corrected chi connectivity index (χ1v) is 5.80. The van der Waals surface area contributed by atoms with Crippen molar-refractivity contribution in [1.29, 1.82) is 0 Å². The predicted octanol–water partition coefficient (Wildman–Crippen LogP) is 2.77. The van der Waals surface area contributed by atoms with Crippen molar-refractivity contribution >= 4 is 22.6 Å². The molecule has 72 valence electrons. The summed E-state index contributed by atoms with van der Waals surface area (Å²) in [6.45, 7) is 3.88. The highest BCUT2D eigenvalue weighted by atomic mass is 127.